The Morgan fingerprint density at radius 3 is 3.21 bits per heavy atom. The summed E-state index contributed by atoms with van der Waals surface area (Å²) in [6, 6.07) is 6.17. The third kappa shape index (κ3) is 2.71. The van der Waals surface area contributed by atoms with Gasteiger partial charge in [0.15, 0.2) is 0 Å². The van der Waals surface area contributed by atoms with Crippen LogP contribution in [-0.2, 0) is 4.79 Å². The van der Waals surface area contributed by atoms with Crippen LogP contribution in [0.25, 0.3) is 0 Å². The number of benzene rings is 1. The van der Waals surface area contributed by atoms with Crippen LogP contribution in [0.2, 0.25) is 0 Å². The Morgan fingerprint density at radius 2 is 2.37 bits per heavy atom. The minimum atomic E-state index is -0.0631. The molecule has 2 atom stereocenters. The number of carbonyl (C=O) groups is 1. The van der Waals surface area contributed by atoms with E-state index in [2.05, 4.69) is 25.5 Å². The quantitative estimate of drug-likeness (QED) is 0.833. The van der Waals surface area contributed by atoms with Crippen molar-refractivity contribution < 1.29 is 4.79 Å². The van der Waals surface area contributed by atoms with E-state index in [1.165, 1.54) is 0 Å². The average molecular weight is 323 g/mol. The van der Waals surface area contributed by atoms with Crippen molar-refractivity contribution in [3.8, 4) is 0 Å². The summed E-state index contributed by atoms with van der Waals surface area (Å²) in [7, 11) is 0. The third-order valence-corrected chi connectivity index (χ3v) is 4.68. The van der Waals surface area contributed by atoms with Gasteiger partial charge in [0.25, 0.3) is 0 Å². The van der Waals surface area contributed by atoms with Gasteiger partial charge in [-0.15, -0.1) is 0 Å². The molecule has 1 saturated heterocycles. The fourth-order valence-corrected chi connectivity index (χ4v) is 3.67. The van der Waals surface area contributed by atoms with E-state index in [9.17, 15) is 4.79 Å². The van der Waals surface area contributed by atoms with Gasteiger partial charge in [0, 0.05) is 0 Å². The third-order valence-electron chi connectivity index (χ3n) is 3.54. The molecule has 2 heterocycles. The second-order valence-corrected chi connectivity index (χ2v) is 6.11. The second-order valence-electron chi connectivity index (χ2n) is 5.00. The van der Waals surface area contributed by atoms with Crippen molar-refractivity contribution in [1.82, 2.24) is 5.32 Å². The Kier molecular flexibility index (Phi) is 3.64. The summed E-state index contributed by atoms with van der Waals surface area (Å²) >= 11 is -0.0631. The molecule has 2 N–H and O–H groups in total. The standard InChI is InChI=1S/C13H16N4OSe/c1-8-7-9(5-6-14-8)13(18)15-10-3-2-4-11-12(10)17-19-16-11/h2-4,8-9,14H,5-7H2,1H3,(H,15,18). The van der Waals surface area contributed by atoms with Crippen molar-refractivity contribution in [2.75, 3.05) is 11.9 Å². The van der Waals surface area contributed by atoms with Crippen LogP contribution in [0.4, 0.5) is 17.1 Å². The van der Waals surface area contributed by atoms with Gasteiger partial charge in [0.2, 0.25) is 0 Å². The molecule has 5 nitrogen and oxygen atoms in total. The predicted octanol–water partition coefficient (Wildman–Crippen LogP) is 2.36. The molecule has 0 saturated carbocycles. The average Bonchev–Trinajstić information content (AvgIpc) is 2.88. The van der Waals surface area contributed by atoms with Gasteiger partial charge in [-0.1, -0.05) is 0 Å². The zero-order valence-corrected chi connectivity index (χ0v) is 12.4. The first-order chi connectivity index (χ1) is 9.24. The summed E-state index contributed by atoms with van der Waals surface area (Å²) in [5, 5.41) is 6.38. The number of amides is 1. The zero-order chi connectivity index (χ0) is 13.2. The normalized spacial score (nSPS) is 24.7. The van der Waals surface area contributed by atoms with E-state index in [1.807, 2.05) is 18.2 Å². The van der Waals surface area contributed by atoms with Crippen LogP contribution in [-0.4, -0.2) is 33.1 Å². The van der Waals surface area contributed by atoms with Crippen LogP contribution in [0.3, 0.4) is 0 Å². The van der Waals surface area contributed by atoms with Gasteiger partial charge in [-0.05, 0) is 0 Å². The summed E-state index contributed by atoms with van der Waals surface area (Å²) in [6.45, 7) is 3.03. The maximum atomic E-state index is 12.3. The van der Waals surface area contributed by atoms with Gasteiger partial charge in [-0.3, -0.25) is 0 Å². The summed E-state index contributed by atoms with van der Waals surface area (Å²) < 4.78 is 8.71. The molecule has 2 aliphatic heterocycles. The number of hydrogen-bond acceptors (Lipinski definition) is 4. The summed E-state index contributed by atoms with van der Waals surface area (Å²) in [4.78, 5) is 12.3. The molecule has 0 radical (unpaired) electrons. The number of carbonyl (C=O) groups excluding carboxylic acids is 1. The molecule has 100 valence electrons. The van der Waals surface area contributed by atoms with Crippen molar-refractivity contribution in [1.29, 1.82) is 0 Å². The first-order valence-corrected chi connectivity index (χ1v) is 8.03. The number of anilines is 1. The number of hydrogen-bond donors (Lipinski definition) is 2. The Hall–Kier alpha value is -1.23. The number of nitrogens with zero attached hydrogens (tertiary/aromatic N) is 2. The molecule has 1 fully saturated rings. The van der Waals surface area contributed by atoms with E-state index in [0.717, 1.165) is 36.4 Å². The van der Waals surface area contributed by atoms with E-state index >= 15 is 0 Å². The number of fused-ring (bicyclic) bond motifs is 1. The van der Waals surface area contributed by atoms with E-state index < -0.39 is 0 Å². The van der Waals surface area contributed by atoms with Crippen LogP contribution in [0.15, 0.2) is 26.1 Å². The van der Waals surface area contributed by atoms with E-state index in [4.69, 9.17) is 0 Å². The van der Waals surface area contributed by atoms with Gasteiger partial charge in [0.1, 0.15) is 0 Å². The Morgan fingerprint density at radius 1 is 1.47 bits per heavy atom. The van der Waals surface area contributed by atoms with Gasteiger partial charge in [0.05, 0.1) is 0 Å². The fraction of sp³-hybridized carbons (Fsp3) is 0.462. The predicted molar refractivity (Wildman–Crippen MR) is 75.2 cm³/mol. The molecule has 0 aromatic heterocycles. The SMILES string of the molecule is CC1CC(C(=O)Nc2cccc3c2N=[Se]=N3)CCN1. The molecule has 0 aliphatic carbocycles. The number of rotatable bonds is 2. The van der Waals surface area contributed by atoms with Gasteiger partial charge in [-0.25, -0.2) is 0 Å². The summed E-state index contributed by atoms with van der Waals surface area (Å²) in [5.74, 6) is 0.201. The van der Waals surface area contributed by atoms with Crippen molar-refractivity contribution in [2.24, 2.45) is 13.8 Å². The van der Waals surface area contributed by atoms with Crippen LogP contribution >= 0.6 is 0 Å². The van der Waals surface area contributed by atoms with Crippen LogP contribution < -0.4 is 10.6 Å². The van der Waals surface area contributed by atoms with E-state index in [1.54, 1.807) is 0 Å². The molecule has 1 amide bonds. The molecule has 2 aliphatic rings. The van der Waals surface area contributed by atoms with E-state index in [-0.39, 0.29) is 26.4 Å². The molecule has 1 aromatic carbocycles. The number of piperidine rings is 1. The fourth-order valence-electron chi connectivity index (χ4n) is 2.51. The minimum absolute atomic E-state index is 0.0631. The van der Waals surface area contributed by atoms with Crippen LogP contribution in [0.5, 0.6) is 0 Å². The first-order valence-electron chi connectivity index (χ1n) is 6.49. The molecule has 0 bridgehead atoms. The van der Waals surface area contributed by atoms with Crippen LogP contribution in [0, 0.1) is 5.92 Å². The maximum absolute atomic E-state index is 12.3. The second kappa shape index (κ2) is 5.41. The van der Waals surface area contributed by atoms with Crippen molar-refractivity contribution in [2.45, 2.75) is 25.8 Å². The molecule has 0 spiro atoms. The molecule has 19 heavy (non-hydrogen) atoms. The Labute approximate surface area is 117 Å². The Bertz CT molecular complexity index is 580. The van der Waals surface area contributed by atoms with Gasteiger partial charge in [-0.2, -0.15) is 0 Å². The number of nitrogens with one attached hydrogen (secondary N) is 2. The van der Waals surface area contributed by atoms with Crippen molar-refractivity contribution in [3.63, 3.8) is 0 Å². The molecule has 2 unspecified atom stereocenters. The molecule has 3 rings (SSSR count). The van der Waals surface area contributed by atoms with E-state index in [0.29, 0.717) is 6.04 Å². The van der Waals surface area contributed by atoms with Crippen molar-refractivity contribution >= 4 is 37.5 Å². The zero-order valence-electron chi connectivity index (χ0n) is 10.7. The first kappa shape index (κ1) is 12.8. The molecular formula is C13H16N4OSe. The molecule has 6 heteroatoms. The Balaban J connectivity index is 1.74. The van der Waals surface area contributed by atoms with Gasteiger partial charge >= 0.3 is 117 Å². The summed E-state index contributed by atoms with van der Waals surface area (Å²) in [5.41, 5.74) is 2.55. The van der Waals surface area contributed by atoms with Crippen LogP contribution in [0.1, 0.15) is 19.8 Å². The monoisotopic (exact) mass is 324 g/mol. The molecule has 1 aromatic rings. The molecular weight excluding hydrogens is 307 g/mol. The summed E-state index contributed by atoms with van der Waals surface area (Å²) in [6.07, 6.45) is 1.79. The van der Waals surface area contributed by atoms with Gasteiger partial charge < -0.3 is 0 Å². The topological polar surface area (TPSA) is 65.8 Å². The van der Waals surface area contributed by atoms with Crippen molar-refractivity contribution in [3.05, 3.63) is 18.2 Å².